The number of aromatic nitrogens is 2. The van der Waals surface area contributed by atoms with Crippen molar-refractivity contribution in [3.05, 3.63) is 119 Å². The number of morpholine rings is 1. The topological polar surface area (TPSA) is 54.6 Å². The molecule has 0 radical (unpaired) electrons. The highest BCUT2D eigenvalue weighted by Gasteiger charge is 2.33. The second-order valence-corrected chi connectivity index (χ2v) is 11.2. The van der Waals surface area contributed by atoms with Crippen LogP contribution in [0, 0.1) is 5.82 Å². The molecule has 222 valence electrons. The van der Waals surface area contributed by atoms with E-state index < -0.39 is 23.0 Å². The smallest absolute Gasteiger partial charge is 0.416 e. The van der Waals surface area contributed by atoms with Crippen LogP contribution in [0.5, 0.6) is 0 Å². The van der Waals surface area contributed by atoms with Crippen molar-refractivity contribution < 1.29 is 26.7 Å². The van der Waals surface area contributed by atoms with Crippen molar-refractivity contribution in [2.45, 2.75) is 32.0 Å². The molecule has 0 spiro atoms. The van der Waals surface area contributed by atoms with Gasteiger partial charge < -0.3 is 19.0 Å². The molecule has 43 heavy (non-hydrogen) atoms. The quantitative estimate of drug-likeness (QED) is 0.217. The summed E-state index contributed by atoms with van der Waals surface area (Å²) < 4.78 is 66.9. The number of halogens is 4. The normalized spacial score (nSPS) is 15.9. The summed E-state index contributed by atoms with van der Waals surface area (Å²) in [6.45, 7) is 10.5. The van der Waals surface area contributed by atoms with Gasteiger partial charge in [-0.25, -0.2) is 4.39 Å². The molecule has 4 aromatic rings. The zero-order chi connectivity index (χ0) is 30.4. The minimum Gasteiger partial charge on any atom is -0.420 e. The van der Waals surface area contributed by atoms with Gasteiger partial charge in [-0.3, -0.25) is 0 Å². The number of anilines is 2. The van der Waals surface area contributed by atoms with E-state index in [0.717, 1.165) is 17.7 Å². The summed E-state index contributed by atoms with van der Waals surface area (Å²) in [7, 11) is 0. The number of hydrogen-bond donors (Lipinski definition) is 0. The van der Waals surface area contributed by atoms with Gasteiger partial charge in [-0.15, -0.1) is 10.2 Å². The molecule has 6 nitrogen and oxygen atoms in total. The summed E-state index contributed by atoms with van der Waals surface area (Å²) in [4.78, 5) is 3.78. The second kappa shape index (κ2) is 11.0. The number of ether oxygens (including phenoxy) is 1. The summed E-state index contributed by atoms with van der Waals surface area (Å²) in [6.07, 6.45) is -2.65. The fourth-order valence-electron chi connectivity index (χ4n) is 5.40. The summed E-state index contributed by atoms with van der Waals surface area (Å²) in [5.74, 6) is 0.204. The van der Waals surface area contributed by atoms with Gasteiger partial charge in [-0.05, 0) is 54.8 Å². The lowest BCUT2D eigenvalue weighted by Gasteiger charge is -2.34. The van der Waals surface area contributed by atoms with Crippen LogP contribution in [0.25, 0.3) is 11.1 Å². The van der Waals surface area contributed by atoms with Gasteiger partial charge in [0.05, 0.1) is 41.1 Å². The molecule has 0 bridgehead atoms. The Morgan fingerprint density at radius 2 is 1.58 bits per heavy atom. The van der Waals surface area contributed by atoms with Gasteiger partial charge >= 0.3 is 6.18 Å². The molecule has 3 heterocycles. The molecule has 0 N–H and O–H groups in total. The lowest BCUT2D eigenvalue weighted by molar-refractivity contribution is -0.137. The van der Waals surface area contributed by atoms with Crippen molar-refractivity contribution in [1.29, 1.82) is 0 Å². The zero-order valence-electron chi connectivity index (χ0n) is 23.8. The van der Waals surface area contributed by atoms with Crippen molar-refractivity contribution in [3.63, 3.8) is 0 Å². The Bertz CT molecular complexity index is 1670. The third-order valence-corrected chi connectivity index (χ3v) is 7.98. The molecule has 0 unspecified atom stereocenters. The van der Waals surface area contributed by atoms with Gasteiger partial charge in [0.15, 0.2) is 0 Å². The summed E-state index contributed by atoms with van der Waals surface area (Å²) in [6, 6.07) is 18.0. The predicted molar refractivity (Wildman–Crippen MR) is 157 cm³/mol. The molecular formula is C33H30F4N4O2. The number of rotatable bonds is 6. The Labute approximate surface area is 246 Å². The molecule has 2 aliphatic rings. The zero-order valence-corrected chi connectivity index (χ0v) is 23.8. The molecule has 0 aliphatic carbocycles. The van der Waals surface area contributed by atoms with E-state index in [1.807, 2.05) is 54.0 Å². The van der Waals surface area contributed by atoms with Crippen LogP contribution in [-0.2, 0) is 22.9 Å². The molecule has 10 heteroatoms. The monoisotopic (exact) mass is 590 g/mol. The van der Waals surface area contributed by atoms with Gasteiger partial charge in [0.1, 0.15) is 5.82 Å². The van der Waals surface area contributed by atoms with Gasteiger partial charge in [-0.1, -0.05) is 49.0 Å². The molecule has 0 amide bonds. The number of nitrogens with zero attached hydrogens (tertiary/aromatic N) is 4. The van der Waals surface area contributed by atoms with Crippen LogP contribution < -0.4 is 9.80 Å². The highest BCUT2D eigenvalue weighted by atomic mass is 19.4. The molecule has 3 aromatic carbocycles. The first kappa shape index (κ1) is 28.7. The Morgan fingerprint density at radius 1 is 0.884 bits per heavy atom. The maximum Gasteiger partial charge on any atom is 0.416 e. The number of hydrogen-bond acceptors (Lipinski definition) is 6. The largest absolute Gasteiger partial charge is 0.420 e. The third-order valence-electron chi connectivity index (χ3n) is 7.98. The van der Waals surface area contributed by atoms with Crippen molar-refractivity contribution in [2.24, 2.45) is 0 Å². The van der Waals surface area contributed by atoms with Crippen LogP contribution in [0.4, 0.5) is 28.9 Å². The Balaban J connectivity index is 1.41. The van der Waals surface area contributed by atoms with Crippen LogP contribution in [0.1, 0.15) is 47.9 Å². The summed E-state index contributed by atoms with van der Waals surface area (Å²) in [5.41, 5.74) is 2.94. The van der Waals surface area contributed by atoms with Crippen LogP contribution >= 0.6 is 0 Å². The summed E-state index contributed by atoms with van der Waals surface area (Å²) in [5, 5.41) is 8.68. The number of allylic oxidation sites excluding steroid dienone is 2. The number of benzene rings is 3. The first-order valence-electron chi connectivity index (χ1n) is 13.9. The molecule has 1 saturated heterocycles. The molecule has 0 saturated carbocycles. The van der Waals surface area contributed by atoms with E-state index in [1.165, 1.54) is 18.2 Å². The van der Waals surface area contributed by atoms with E-state index in [4.69, 9.17) is 9.15 Å². The third kappa shape index (κ3) is 5.54. The molecule has 1 aromatic heterocycles. The average Bonchev–Trinajstić information content (AvgIpc) is 3.50. The molecule has 2 aliphatic heterocycles. The van der Waals surface area contributed by atoms with E-state index in [2.05, 4.69) is 16.8 Å². The summed E-state index contributed by atoms with van der Waals surface area (Å²) >= 11 is 0. The second-order valence-electron chi connectivity index (χ2n) is 11.2. The van der Waals surface area contributed by atoms with E-state index in [9.17, 15) is 13.2 Å². The number of fused-ring (bicyclic) bond motifs is 1. The number of alkyl halides is 3. The average molecular weight is 591 g/mol. The maximum atomic E-state index is 15.6. The van der Waals surface area contributed by atoms with E-state index in [-0.39, 0.29) is 12.4 Å². The van der Waals surface area contributed by atoms with Crippen LogP contribution in [0.2, 0.25) is 0 Å². The van der Waals surface area contributed by atoms with Crippen LogP contribution in [0.3, 0.4) is 0 Å². The Kier molecular flexibility index (Phi) is 7.33. The predicted octanol–water partition coefficient (Wildman–Crippen LogP) is 7.46. The minimum atomic E-state index is -4.44. The molecule has 1 fully saturated rings. The fourth-order valence-corrected chi connectivity index (χ4v) is 5.40. The molecular weight excluding hydrogens is 560 g/mol. The highest BCUT2D eigenvalue weighted by Crippen LogP contribution is 2.44. The fraction of sp³-hybridized carbons (Fsp3) is 0.273. The lowest BCUT2D eigenvalue weighted by Crippen LogP contribution is -2.37. The van der Waals surface area contributed by atoms with Crippen molar-refractivity contribution >= 4 is 22.5 Å². The SMILES string of the molecule is C=C1C(c2nnc(C(C)(C)c3ccccc3)o2)=CN(Cc2ccc(C(F)(F)F)cc2)c2cc(N3CCOCC3)c(F)cc21. The van der Waals surface area contributed by atoms with Crippen molar-refractivity contribution in [2.75, 3.05) is 36.1 Å². The maximum absolute atomic E-state index is 15.6. The van der Waals surface area contributed by atoms with E-state index >= 15 is 4.39 Å². The standard InChI is InChI=1S/C33H30F4N4O2/c1-21-25-17-27(34)29(40-13-15-42-16-14-40)18-28(25)41(19-22-9-11-24(12-10-22)33(35,36)37)20-26(21)30-38-39-31(43-30)32(2,3)23-7-5-4-6-8-23/h4-12,17-18,20H,1,13-16,19H2,2-3H3. The van der Waals surface area contributed by atoms with Gasteiger partial charge in [-0.2, -0.15) is 13.2 Å². The Hall–Kier alpha value is -4.44. The van der Waals surface area contributed by atoms with Crippen LogP contribution in [-0.4, -0.2) is 36.5 Å². The van der Waals surface area contributed by atoms with Gasteiger partial charge in [0.2, 0.25) is 11.8 Å². The van der Waals surface area contributed by atoms with Gasteiger partial charge in [0, 0.05) is 31.4 Å². The first-order chi connectivity index (χ1) is 20.5. The van der Waals surface area contributed by atoms with E-state index in [0.29, 0.717) is 65.8 Å². The molecule has 0 atom stereocenters. The van der Waals surface area contributed by atoms with Crippen molar-refractivity contribution in [3.8, 4) is 0 Å². The van der Waals surface area contributed by atoms with Crippen molar-refractivity contribution in [1.82, 2.24) is 10.2 Å². The Morgan fingerprint density at radius 3 is 2.26 bits per heavy atom. The first-order valence-corrected chi connectivity index (χ1v) is 13.9. The molecule has 6 rings (SSSR count). The van der Waals surface area contributed by atoms with Crippen LogP contribution in [0.15, 0.2) is 83.9 Å². The highest BCUT2D eigenvalue weighted by molar-refractivity contribution is 6.08. The minimum absolute atomic E-state index is 0.213. The lowest BCUT2D eigenvalue weighted by atomic mass is 9.85. The van der Waals surface area contributed by atoms with Gasteiger partial charge in [0.25, 0.3) is 0 Å². The van der Waals surface area contributed by atoms with E-state index in [1.54, 1.807) is 12.3 Å².